The third-order valence-corrected chi connectivity index (χ3v) is 6.91. The smallest absolute Gasteiger partial charge is 0.259 e. The number of fused-ring (bicyclic) bond motifs is 1. The van der Waals surface area contributed by atoms with Gasteiger partial charge in [0.15, 0.2) is 0 Å². The molecule has 0 unspecified atom stereocenters. The molecule has 1 aromatic carbocycles. The molecule has 3 heterocycles. The van der Waals surface area contributed by atoms with Crippen LogP contribution in [0.2, 0.25) is 0 Å². The maximum absolute atomic E-state index is 13.0. The Balaban J connectivity index is 1.49. The first kappa shape index (κ1) is 23.3. The quantitative estimate of drug-likeness (QED) is 0.654. The van der Waals surface area contributed by atoms with Gasteiger partial charge in [0.2, 0.25) is 0 Å². The topological polar surface area (TPSA) is 85.1 Å². The van der Waals surface area contributed by atoms with Crippen molar-refractivity contribution in [1.82, 2.24) is 15.0 Å². The molecule has 178 valence electrons. The number of amides is 2. The standard InChI is InChI=1S/C25H33N3O5/c1-19-21(17-26-33-19)24(30)28-12-10-25(11-13-28)9-5-6-15-31-16-14-27(2)23(29)20-7-3-4-8-22(20)32-18-25/h3-4,7-8,17H,5-6,9-16,18H2,1-2H3. The summed E-state index contributed by atoms with van der Waals surface area (Å²) in [4.78, 5) is 29.4. The van der Waals surface area contributed by atoms with E-state index in [1.807, 2.05) is 29.2 Å². The van der Waals surface area contributed by atoms with Crippen LogP contribution in [0.15, 0.2) is 35.0 Å². The molecule has 1 spiro atoms. The fourth-order valence-electron chi connectivity index (χ4n) is 4.64. The van der Waals surface area contributed by atoms with Crippen LogP contribution in [-0.2, 0) is 4.74 Å². The highest BCUT2D eigenvalue weighted by Crippen LogP contribution is 2.38. The maximum Gasteiger partial charge on any atom is 0.259 e. The number of hydrogen-bond acceptors (Lipinski definition) is 6. The predicted molar refractivity (Wildman–Crippen MR) is 122 cm³/mol. The van der Waals surface area contributed by atoms with E-state index in [1.165, 1.54) is 6.20 Å². The minimum atomic E-state index is -0.0650. The summed E-state index contributed by atoms with van der Waals surface area (Å²) in [6, 6.07) is 7.44. The number of carbonyl (C=O) groups is 2. The number of likely N-dealkylation sites (N-methyl/N-ethyl adjacent to an activating group) is 1. The zero-order valence-corrected chi connectivity index (χ0v) is 19.5. The number of ether oxygens (including phenoxy) is 2. The second-order valence-corrected chi connectivity index (χ2v) is 9.17. The van der Waals surface area contributed by atoms with Crippen molar-refractivity contribution in [3.63, 3.8) is 0 Å². The van der Waals surface area contributed by atoms with Crippen LogP contribution in [-0.4, -0.2) is 73.3 Å². The van der Waals surface area contributed by atoms with Crippen molar-refractivity contribution in [2.24, 2.45) is 5.41 Å². The van der Waals surface area contributed by atoms with Gasteiger partial charge in [0, 0.05) is 38.7 Å². The van der Waals surface area contributed by atoms with Gasteiger partial charge in [-0.1, -0.05) is 23.7 Å². The summed E-state index contributed by atoms with van der Waals surface area (Å²) in [6.45, 7) is 5.36. The van der Waals surface area contributed by atoms with Crippen molar-refractivity contribution < 1.29 is 23.6 Å². The lowest BCUT2D eigenvalue weighted by Crippen LogP contribution is -2.45. The Morgan fingerprint density at radius 2 is 1.85 bits per heavy atom. The molecule has 4 rings (SSSR count). The van der Waals surface area contributed by atoms with E-state index in [2.05, 4.69) is 5.16 Å². The van der Waals surface area contributed by atoms with E-state index < -0.39 is 0 Å². The van der Waals surface area contributed by atoms with Gasteiger partial charge in [0.1, 0.15) is 17.1 Å². The molecule has 8 nitrogen and oxygen atoms in total. The summed E-state index contributed by atoms with van der Waals surface area (Å²) in [6.07, 6.45) is 6.20. The van der Waals surface area contributed by atoms with Crippen molar-refractivity contribution in [2.45, 2.75) is 39.0 Å². The van der Waals surface area contributed by atoms with Crippen LogP contribution >= 0.6 is 0 Å². The largest absolute Gasteiger partial charge is 0.492 e. The lowest BCUT2D eigenvalue weighted by Gasteiger charge is -2.42. The van der Waals surface area contributed by atoms with Crippen LogP contribution in [0.3, 0.4) is 0 Å². The van der Waals surface area contributed by atoms with Crippen LogP contribution in [0.5, 0.6) is 5.75 Å². The third-order valence-electron chi connectivity index (χ3n) is 6.91. The number of piperidine rings is 1. The van der Waals surface area contributed by atoms with Crippen LogP contribution in [0.25, 0.3) is 0 Å². The maximum atomic E-state index is 13.0. The van der Waals surface area contributed by atoms with E-state index in [1.54, 1.807) is 18.9 Å². The van der Waals surface area contributed by atoms with Gasteiger partial charge < -0.3 is 23.8 Å². The molecule has 2 aliphatic heterocycles. The van der Waals surface area contributed by atoms with E-state index in [-0.39, 0.29) is 17.2 Å². The molecule has 0 radical (unpaired) electrons. The van der Waals surface area contributed by atoms with Crippen molar-refractivity contribution >= 4 is 11.8 Å². The minimum Gasteiger partial charge on any atom is -0.492 e. The molecule has 0 N–H and O–H groups in total. The average Bonchev–Trinajstić information content (AvgIpc) is 3.27. The minimum absolute atomic E-state index is 0.0298. The molecule has 0 bridgehead atoms. The number of aromatic nitrogens is 1. The van der Waals surface area contributed by atoms with E-state index in [0.717, 1.165) is 32.1 Å². The monoisotopic (exact) mass is 455 g/mol. The number of hydrogen-bond donors (Lipinski definition) is 0. The zero-order chi connectivity index (χ0) is 23.3. The van der Waals surface area contributed by atoms with Crippen LogP contribution in [0, 0.1) is 12.3 Å². The highest BCUT2D eigenvalue weighted by Gasteiger charge is 2.37. The van der Waals surface area contributed by atoms with Gasteiger partial charge in [0.05, 0.1) is 25.0 Å². The number of para-hydroxylation sites is 1. The number of aryl methyl sites for hydroxylation is 1. The molecule has 33 heavy (non-hydrogen) atoms. The summed E-state index contributed by atoms with van der Waals surface area (Å²) >= 11 is 0. The van der Waals surface area contributed by atoms with Gasteiger partial charge in [-0.2, -0.15) is 0 Å². The number of rotatable bonds is 1. The zero-order valence-electron chi connectivity index (χ0n) is 19.5. The van der Waals surface area contributed by atoms with E-state index in [9.17, 15) is 9.59 Å². The first-order valence-electron chi connectivity index (χ1n) is 11.7. The van der Waals surface area contributed by atoms with Crippen LogP contribution < -0.4 is 4.74 Å². The lowest BCUT2D eigenvalue weighted by atomic mass is 9.75. The Kier molecular flexibility index (Phi) is 7.33. The molecule has 0 saturated carbocycles. The highest BCUT2D eigenvalue weighted by molar-refractivity contribution is 5.96. The second kappa shape index (κ2) is 10.4. The first-order valence-corrected chi connectivity index (χ1v) is 11.7. The Labute approximate surface area is 194 Å². The molecule has 1 fully saturated rings. The fraction of sp³-hybridized carbons (Fsp3) is 0.560. The molecule has 0 atom stereocenters. The van der Waals surface area contributed by atoms with Crippen molar-refractivity contribution in [1.29, 1.82) is 0 Å². The summed E-state index contributed by atoms with van der Waals surface area (Å²) in [5.41, 5.74) is 1.05. The molecule has 8 heteroatoms. The first-order chi connectivity index (χ1) is 16.0. The van der Waals surface area contributed by atoms with Crippen LogP contribution in [0.4, 0.5) is 0 Å². The number of carbonyl (C=O) groups excluding carboxylic acids is 2. The highest BCUT2D eigenvalue weighted by atomic mass is 16.5. The second-order valence-electron chi connectivity index (χ2n) is 9.17. The fourth-order valence-corrected chi connectivity index (χ4v) is 4.64. The van der Waals surface area contributed by atoms with Gasteiger partial charge in [0.25, 0.3) is 11.8 Å². The Bertz CT molecular complexity index is 964. The van der Waals surface area contributed by atoms with Gasteiger partial charge in [-0.25, -0.2) is 0 Å². The molecular weight excluding hydrogens is 422 g/mol. The normalized spacial score (nSPS) is 20.1. The van der Waals surface area contributed by atoms with E-state index in [4.69, 9.17) is 14.0 Å². The molecule has 1 aromatic heterocycles. The predicted octanol–water partition coefficient (Wildman–Crippen LogP) is 3.56. The molecule has 0 aliphatic carbocycles. The van der Waals surface area contributed by atoms with Crippen LogP contribution in [0.1, 0.15) is 58.6 Å². The SMILES string of the molecule is Cc1oncc1C(=O)N1CCC2(CCCCOCCN(C)C(=O)c3ccccc3OC2)CC1. The Hall–Kier alpha value is -2.87. The Morgan fingerprint density at radius 3 is 2.61 bits per heavy atom. The van der Waals surface area contributed by atoms with Gasteiger partial charge in [-0.15, -0.1) is 0 Å². The summed E-state index contributed by atoms with van der Waals surface area (Å²) in [5.74, 6) is 1.07. The van der Waals surface area contributed by atoms with Crippen molar-refractivity contribution in [2.75, 3.05) is 46.5 Å². The molecule has 2 amide bonds. The Morgan fingerprint density at radius 1 is 1.06 bits per heavy atom. The third kappa shape index (κ3) is 5.38. The molecule has 2 aromatic rings. The van der Waals surface area contributed by atoms with Gasteiger partial charge in [-0.05, 0) is 44.7 Å². The molecule has 1 saturated heterocycles. The summed E-state index contributed by atoms with van der Waals surface area (Å²) in [5, 5.41) is 3.74. The summed E-state index contributed by atoms with van der Waals surface area (Å²) < 4.78 is 17.2. The number of benzene rings is 1. The van der Waals surface area contributed by atoms with E-state index >= 15 is 0 Å². The number of likely N-dealkylation sites (tertiary alicyclic amines) is 1. The van der Waals surface area contributed by atoms with Crippen molar-refractivity contribution in [3.05, 3.63) is 47.3 Å². The number of nitrogens with zero attached hydrogens (tertiary/aromatic N) is 3. The average molecular weight is 456 g/mol. The summed E-state index contributed by atoms with van der Waals surface area (Å²) in [7, 11) is 1.79. The van der Waals surface area contributed by atoms with Gasteiger partial charge >= 0.3 is 0 Å². The van der Waals surface area contributed by atoms with Crippen molar-refractivity contribution in [3.8, 4) is 5.75 Å². The molecule has 2 aliphatic rings. The lowest BCUT2D eigenvalue weighted by molar-refractivity contribution is 0.0328. The molecular formula is C25H33N3O5. The van der Waals surface area contributed by atoms with E-state index in [0.29, 0.717) is 62.1 Å². The van der Waals surface area contributed by atoms with Gasteiger partial charge in [-0.3, -0.25) is 9.59 Å².